The van der Waals surface area contributed by atoms with Crippen LogP contribution < -0.4 is 9.47 Å². The lowest BCUT2D eigenvalue weighted by molar-refractivity contribution is 0.302. The van der Waals surface area contributed by atoms with Gasteiger partial charge >= 0.3 is 0 Å². The van der Waals surface area contributed by atoms with Crippen molar-refractivity contribution in [2.24, 2.45) is 0 Å². The highest BCUT2D eigenvalue weighted by Crippen LogP contribution is 2.37. The van der Waals surface area contributed by atoms with E-state index in [0.29, 0.717) is 0 Å². The molecule has 0 unspecified atom stereocenters. The number of ether oxygens (including phenoxy) is 2. The molecule has 0 N–H and O–H groups in total. The smallest absolute Gasteiger partial charge is 0.130 e. The molecule has 2 aromatic rings. The Labute approximate surface area is 210 Å². The van der Waals surface area contributed by atoms with E-state index >= 15 is 0 Å². The first kappa shape index (κ1) is 28.5. The third kappa shape index (κ3) is 10.3. The molecule has 2 heteroatoms. The minimum absolute atomic E-state index is 0.803. The molecule has 0 saturated carbocycles. The van der Waals surface area contributed by atoms with Crippen molar-refractivity contribution in [1.82, 2.24) is 0 Å². The van der Waals surface area contributed by atoms with E-state index in [0.717, 1.165) is 37.6 Å². The second-order valence-electron chi connectivity index (χ2n) is 10.2. The minimum atomic E-state index is 0.803. The maximum absolute atomic E-state index is 6.33. The molecular weight excluding hydrogens is 416 g/mol. The van der Waals surface area contributed by atoms with Crippen LogP contribution in [0.3, 0.4) is 0 Å². The second kappa shape index (κ2) is 17.7. The first-order chi connectivity index (χ1) is 16.7. The van der Waals surface area contributed by atoms with Crippen molar-refractivity contribution in [1.29, 1.82) is 0 Å². The van der Waals surface area contributed by atoms with Gasteiger partial charge < -0.3 is 9.47 Å². The van der Waals surface area contributed by atoms with Crippen LogP contribution in [0.1, 0.15) is 128 Å². The molecule has 0 saturated heterocycles. The molecule has 0 aliphatic carbocycles. The zero-order chi connectivity index (χ0) is 24.4. The van der Waals surface area contributed by atoms with Crippen LogP contribution in [0.4, 0.5) is 0 Å². The maximum atomic E-state index is 6.33. The zero-order valence-corrected chi connectivity index (χ0v) is 22.9. The first-order valence-corrected chi connectivity index (χ1v) is 14.5. The summed E-state index contributed by atoms with van der Waals surface area (Å²) in [5.41, 5.74) is 2.43. The number of unbranched alkanes of at least 4 members (excludes halogenated alkanes) is 14. The third-order valence-corrected chi connectivity index (χ3v) is 6.98. The van der Waals surface area contributed by atoms with Crippen molar-refractivity contribution in [2.45, 2.75) is 130 Å². The summed E-state index contributed by atoms with van der Waals surface area (Å²) in [6.45, 7) is 10.5. The van der Waals surface area contributed by atoms with E-state index in [9.17, 15) is 0 Å². The van der Waals surface area contributed by atoms with Gasteiger partial charge in [-0.15, -0.1) is 0 Å². The van der Waals surface area contributed by atoms with E-state index in [1.807, 2.05) is 0 Å². The van der Waals surface area contributed by atoms with E-state index in [-0.39, 0.29) is 0 Å². The quantitative estimate of drug-likeness (QED) is 0.180. The fourth-order valence-electron chi connectivity index (χ4n) is 4.77. The lowest BCUT2D eigenvalue weighted by Crippen LogP contribution is -2.02. The highest BCUT2D eigenvalue weighted by Gasteiger charge is 2.12. The molecule has 0 aromatic heterocycles. The largest absolute Gasteiger partial charge is 0.493 e. The number of hydrogen-bond acceptors (Lipinski definition) is 2. The molecule has 0 atom stereocenters. The first-order valence-electron chi connectivity index (χ1n) is 14.5. The molecule has 0 aliphatic rings. The molecule has 192 valence electrons. The van der Waals surface area contributed by atoms with E-state index in [1.54, 1.807) is 0 Å². The number of benzene rings is 2. The summed E-state index contributed by atoms with van der Waals surface area (Å²) in [7, 11) is 0. The Morgan fingerprint density at radius 1 is 0.441 bits per heavy atom. The van der Waals surface area contributed by atoms with Crippen molar-refractivity contribution in [3.63, 3.8) is 0 Å². The van der Waals surface area contributed by atoms with Gasteiger partial charge in [-0.1, -0.05) is 128 Å². The van der Waals surface area contributed by atoms with Gasteiger partial charge in [-0.05, 0) is 37.8 Å². The van der Waals surface area contributed by atoms with Gasteiger partial charge in [-0.3, -0.25) is 0 Å². The van der Waals surface area contributed by atoms with Gasteiger partial charge in [-0.2, -0.15) is 0 Å². The molecule has 0 heterocycles. The highest BCUT2D eigenvalue weighted by atomic mass is 16.5. The molecule has 0 bridgehead atoms. The summed E-state index contributed by atoms with van der Waals surface area (Å²) in [4.78, 5) is 0. The summed E-state index contributed by atoms with van der Waals surface area (Å²) in [6.07, 6.45) is 21.2. The monoisotopic (exact) mass is 468 g/mol. The fourth-order valence-corrected chi connectivity index (χ4v) is 4.77. The number of fused-ring (bicyclic) bond motifs is 1. The summed E-state index contributed by atoms with van der Waals surface area (Å²) in [6, 6.07) is 8.80. The Morgan fingerprint density at radius 3 is 1.12 bits per heavy atom. The van der Waals surface area contributed by atoms with Gasteiger partial charge in [0.15, 0.2) is 0 Å². The molecule has 0 amide bonds. The van der Waals surface area contributed by atoms with Gasteiger partial charge in [0.05, 0.1) is 13.2 Å². The van der Waals surface area contributed by atoms with E-state index in [4.69, 9.17) is 9.47 Å². The third-order valence-electron chi connectivity index (χ3n) is 6.98. The highest BCUT2D eigenvalue weighted by molar-refractivity contribution is 5.95. The van der Waals surface area contributed by atoms with Crippen molar-refractivity contribution in [2.75, 3.05) is 13.2 Å². The molecule has 0 aliphatic heterocycles. The SMILES string of the molecule is CCCCCCCCCCOc1c(C)ccc2c(OCCCCCCCCCC)c(C)ccc12. The molecule has 0 fully saturated rings. The molecule has 34 heavy (non-hydrogen) atoms. The summed E-state index contributed by atoms with van der Waals surface area (Å²) in [5.74, 6) is 2.08. The predicted molar refractivity (Wildman–Crippen MR) is 150 cm³/mol. The van der Waals surface area contributed by atoms with E-state index in [2.05, 4.69) is 52.0 Å². The Balaban J connectivity index is 1.82. The van der Waals surface area contributed by atoms with Gasteiger partial charge in [0.25, 0.3) is 0 Å². The van der Waals surface area contributed by atoms with Crippen LogP contribution in [0.5, 0.6) is 11.5 Å². The Bertz CT molecular complexity index is 728. The summed E-state index contributed by atoms with van der Waals surface area (Å²) < 4.78 is 12.7. The van der Waals surface area contributed by atoms with Crippen LogP contribution in [0.2, 0.25) is 0 Å². The fraction of sp³-hybridized carbons (Fsp3) is 0.688. The van der Waals surface area contributed by atoms with Crippen molar-refractivity contribution in [3.8, 4) is 11.5 Å². The van der Waals surface area contributed by atoms with Crippen molar-refractivity contribution in [3.05, 3.63) is 35.4 Å². The van der Waals surface area contributed by atoms with E-state index < -0.39 is 0 Å². The molecule has 0 radical (unpaired) electrons. The van der Waals surface area contributed by atoms with Crippen LogP contribution in [0.25, 0.3) is 10.8 Å². The van der Waals surface area contributed by atoms with Crippen LogP contribution in [0, 0.1) is 13.8 Å². The van der Waals surface area contributed by atoms with Crippen LogP contribution in [-0.4, -0.2) is 13.2 Å². The van der Waals surface area contributed by atoms with Crippen molar-refractivity contribution >= 4 is 10.8 Å². The summed E-state index contributed by atoms with van der Waals surface area (Å²) >= 11 is 0. The molecule has 2 aromatic carbocycles. The predicted octanol–water partition coefficient (Wildman–Crippen LogP) is 10.5. The average Bonchev–Trinajstić information content (AvgIpc) is 2.84. The van der Waals surface area contributed by atoms with Gasteiger partial charge in [0.1, 0.15) is 11.5 Å². The number of aryl methyl sites for hydroxylation is 2. The van der Waals surface area contributed by atoms with Crippen LogP contribution in [0.15, 0.2) is 24.3 Å². The maximum Gasteiger partial charge on any atom is 0.130 e. The number of hydrogen-bond donors (Lipinski definition) is 0. The molecular formula is C32H52O2. The standard InChI is InChI=1S/C32H52O2/c1-5-7-9-11-13-15-17-19-25-33-31-27(3)21-24-30-29(31)23-22-28(4)32(30)34-26-20-18-16-14-12-10-8-6-2/h21-24H,5-20,25-26H2,1-4H3. The van der Waals surface area contributed by atoms with Crippen LogP contribution in [-0.2, 0) is 0 Å². The van der Waals surface area contributed by atoms with Gasteiger partial charge in [-0.25, -0.2) is 0 Å². The number of rotatable bonds is 20. The lowest BCUT2D eigenvalue weighted by atomic mass is 10.0. The lowest BCUT2D eigenvalue weighted by Gasteiger charge is -2.17. The minimum Gasteiger partial charge on any atom is -0.493 e. The zero-order valence-electron chi connectivity index (χ0n) is 22.9. The van der Waals surface area contributed by atoms with Crippen LogP contribution >= 0.6 is 0 Å². The van der Waals surface area contributed by atoms with Gasteiger partial charge in [0.2, 0.25) is 0 Å². The normalized spacial score (nSPS) is 11.3. The molecule has 2 nitrogen and oxygen atoms in total. The topological polar surface area (TPSA) is 18.5 Å². The Morgan fingerprint density at radius 2 is 0.765 bits per heavy atom. The van der Waals surface area contributed by atoms with Gasteiger partial charge in [0, 0.05) is 10.8 Å². The van der Waals surface area contributed by atoms with Crippen molar-refractivity contribution < 1.29 is 9.47 Å². The Kier molecular flexibility index (Phi) is 14.9. The molecule has 0 spiro atoms. The Hall–Kier alpha value is -1.70. The average molecular weight is 469 g/mol. The summed E-state index contributed by atoms with van der Waals surface area (Å²) in [5, 5.41) is 2.38. The molecule has 2 rings (SSSR count). The second-order valence-corrected chi connectivity index (χ2v) is 10.2. The van der Waals surface area contributed by atoms with E-state index in [1.165, 1.54) is 112 Å².